The first-order valence-corrected chi connectivity index (χ1v) is 8.55. The lowest BCUT2D eigenvalue weighted by atomic mass is 10.2. The quantitative estimate of drug-likeness (QED) is 0.597. The van der Waals surface area contributed by atoms with E-state index >= 15 is 0 Å². The average Bonchev–Trinajstić information content (AvgIpc) is 3.02. The molecule has 0 bridgehead atoms. The number of likely N-dealkylation sites (tertiary alicyclic amines) is 1. The second-order valence-corrected chi connectivity index (χ2v) is 7.11. The Bertz CT molecular complexity index is 659. The monoisotopic (exact) mass is 359 g/mol. The van der Waals surface area contributed by atoms with Crippen LogP contribution in [-0.4, -0.2) is 47.9 Å². The van der Waals surface area contributed by atoms with E-state index in [9.17, 15) is 9.59 Å². The molecule has 1 saturated heterocycles. The van der Waals surface area contributed by atoms with E-state index in [0.717, 1.165) is 5.56 Å². The highest BCUT2D eigenvalue weighted by atomic mass is 16.6. The van der Waals surface area contributed by atoms with Gasteiger partial charge in [0.15, 0.2) is 0 Å². The van der Waals surface area contributed by atoms with Crippen molar-refractivity contribution in [2.24, 2.45) is 0 Å². The van der Waals surface area contributed by atoms with Gasteiger partial charge < -0.3 is 14.2 Å². The molecule has 2 rings (SSSR count). The first-order valence-electron chi connectivity index (χ1n) is 8.55. The molecule has 1 amide bonds. The van der Waals surface area contributed by atoms with Gasteiger partial charge in [0, 0.05) is 6.42 Å². The van der Waals surface area contributed by atoms with Crippen molar-refractivity contribution in [1.82, 2.24) is 4.90 Å². The maximum atomic E-state index is 12.6. The smallest absolute Gasteiger partial charge is 0.411 e. The minimum Gasteiger partial charge on any atom is -0.459 e. The Hall–Kier alpha value is -2.52. The van der Waals surface area contributed by atoms with Crippen LogP contribution in [0, 0.1) is 12.3 Å². The average molecular weight is 359 g/mol. The number of terminal acetylenes is 1. The van der Waals surface area contributed by atoms with Gasteiger partial charge in [0.1, 0.15) is 24.9 Å². The molecule has 0 spiro atoms. The number of ether oxygens (including phenoxy) is 3. The Morgan fingerprint density at radius 2 is 1.96 bits per heavy atom. The highest BCUT2D eigenvalue weighted by Crippen LogP contribution is 2.24. The molecule has 0 aromatic heterocycles. The Labute approximate surface area is 154 Å². The second kappa shape index (κ2) is 8.72. The van der Waals surface area contributed by atoms with Gasteiger partial charge in [-0.15, -0.1) is 6.42 Å². The van der Waals surface area contributed by atoms with Crippen molar-refractivity contribution >= 4 is 12.1 Å². The summed E-state index contributed by atoms with van der Waals surface area (Å²) in [5.74, 6) is 1.91. The van der Waals surface area contributed by atoms with Crippen LogP contribution >= 0.6 is 0 Å². The van der Waals surface area contributed by atoms with E-state index in [0.29, 0.717) is 6.42 Å². The molecule has 6 nitrogen and oxygen atoms in total. The molecule has 0 radical (unpaired) electrons. The lowest BCUT2D eigenvalue weighted by Crippen LogP contribution is -2.44. The molecule has 1 aliphatic heterocycles. The largest absolute Gasteiger partial charge is 0.459 e. The van der Waals surface area contributed by atoms with E-state index < -0.39 is 23.7 Å². The molecule has 1 aliphatic rings. The molecular formula is C20H25NO5. The van der Waals surface area contributed by atoms with Crippen molar-refractivity contribution in [3.8, 4) is 12.3 Å². The van der Waals surface area contributed by atoms with E-state index in [2.05, 4.69) is 5.92 Å². The normalized spacial score (nSPS) is 19.7. The lowest BCUT2D eigenvalue weighted by molar-refractivity contribution is -0.150. The van der Waals surface area contributed by atoms with Gasteiger partial charge >= 0.3 is 12.1 Å². The summed E-state index contributed by atoms with van der Waals surface area (Å²) in [4.78, 5) is 26.4. The van der Waals surface area contributed by atoms with Crippen molar-refractivity contribution < 1.29 is 23.8 Å². The molecular weight excluding hydrogens is 334 g/mol. The minimum atomic E-state index is -0.753. The van der Waals surface area contributed by atoms with Crippen LogP contribution in [0.1, 0.15) is 32.8 Å². The number of nitrogens with zero attached hydrogens (tertiary/aromatic N) is 1. The molecule has 1 fully saturated rings. The minimum absolute atomic E-state index is 0.124. The Kier molecular flexibility index (Phi) is 6.64. The fourth-order valence-corrected chi connectivity index (χ4v) is 2.65. The van der Waals surface area contributed by atoms with Crippen molar-refractivity contribution in [3.05, 3.63) is 35.9 Å². The fourth-order valence-electron chi connectivity index (χ4n) is 2.65. The van der Waals surface area contributed by atoms with E-state index in [1.54, 1.807) is 20.8 Å². The summed E-state index contributed by atoms with van der Waals surface area (Å²) >= 11 is 0. The topological polar surface area (TPSA) is 65.1 Å². The maximum Gasteiger partial charge on any atom is 0.411 e. The first kappa shape index (κ1) is 19.8. The number of hydrogen-bond acceptors (Lipinski definition) is 5. The van der Waals surface area contributed by atoms with Crippen LogP contribution in [0.5, 0.6) is 0 Å². The fraction of sp³-hybridized carbons (Fsp3) is 0.500. The van der Waals surface area contributed by atoms with Crippen LogP contribution in [0.3, 0.4) is 0 Å². The van der Waals surface area contributed by atoms with Crippen LogP contribution in [0.2, 0.25) is 0 Å². The zero-order valence-corrected chi connectivity index (χ0v) is 15.4. The van der Waals surface area contributed by atoms with Gasteiger partial charge in [-0.05, 0) is 26.3 Å². The number of esters is 1. The van der Waals surface area contributed by atoms with Gasteiger partial charge in [0.05, 0.1) is 12.6 Å². The summed E-state index contributed by atoms with van der Waals surface area (Å²) in [6.07, 6.45) is 4.66. The number of amides is 1. The highest BCUT2D eigenvalue weighted by molar-refractivity contribution is 5.82. The molecule has 1 aromatic carbocycles. The van der Waals surface area contributed by atoms with Crippen LogP contribution in [0.15, 0.2) is 30.3 Å². The van der Waals surface area contributed by atoms with Crippen molar-refractivity contribution in [1.29, 1.82) is 0 Å². The number of hydrogen-bond donors (Lipinski definition) is 0. The van der Waals surface area contributed by atoms with Crippen LogP contribution in [0.4, 0.5) is 4.79 Å². The molecule has 2 atom stereocenters. The van der Waals surface area contributed by atoms with Gasteiger partial charge in [0.25, 0.3) is 0 Å². The third-order valence-corrected chi connectivity index (χ3v) is 3.79. The number of rotatable bonds is 5. The molecule has 0 saturated carbocycles. The molecule has 0 unspecified atom stereocenters. The van der Waals surface area contributed by atoms with Gasteiger partial charge in [-0.1, -0.05) is 36.3 Å². The molecule has 26 heavy (non-hydrogen) atoms. The predicted octanol–water partition coefficient (Wildman–Crippen LogP) is 2.76. The molecule has 0 N–H and O–H groups in total. The standard InChI is InChI=1S/C20H25NO5/c1-5-11-24-16-12-17(21(13-16)19(23)26-20(2,3)4)18(22)25-14-15-9-7-6-8-10-15/h1,6-10,16-17H,11-14H2,2-4H3/t16-,17-/m1/s1. The summed E-state index contributed by atoms with van der Waals surface area (Å²) in [7, 11) is 0. The van der Waals surface area contributed by atoms with E-state index in [1.165, 1.54) is 4.90 Å². The maximum absolute atomic E-state index is 12.6. The Morgan fingerprint density at radius 3 is 2.58 bits per heavy atom. The van der Waals surface area contributed by atoms with Crippen molar-refractivity contribution in [2.45, 2.75) is 51.5 Å². The van der Waals surface area contributed by atoms with Crippen molar-refractivity contribution in [3.63, 3.8) is 0 Å². The zero-order chi connectivity index (χ0) is 19.2. The molecule has 6 heteroatoms. The number of carbonyl (C=O) groups is 2. The lowest BCUT2D eigenvalue weighted by Gasteiger charge is -2.27. The van der Waals surface area contributed by atoms with Gasteiger partial charge in [0.2, 0.25) is 0 Å². The van der Waals surface area contributed by atoms with E-state index in [-0.39, 0.29) is 25.9 Å². The van der Waals surface area contributed by atoms with Crippen LogP contribution in [-0.2, 0) is 25.6 Å². The summed E-state index contributed by atoms with van der Waals surface area (Å²) in [5.41, 5.74) is 0.218. The highest BCUT2D eigenvalue weighted by Gasteiger charge is 2.42. The predicted molar refractivity (Wildman–Crippen MR) is 96.2 cm³/mol. The van der Waals surface area contributed by atoms with Gasteiger partial charge in [-0.2, -0.15) is 0 Å². The molecule has 1 aromatic rings. The first-order chi connectivity index (χ1) is 12.3. The zero-order valence-electron chi connectivity index (χ0n) is 15.4. The van der Waals surface area contributed by atoms with Crippen LogP contribution < -0.4 is 0 Å². The summed E-state index contributed by atoms with van der Waals surface area (Å²) in [6.45, 7) is 5.83. The summed E-state index contributed by atoms with van der Waals surface area (Å²) in [6, 6.07) is 8.61. The van der Waals surface area contributed by atoms with Gasteiger partial charge in [-0.25, -0.2) is 9.59 Å². The van der Waals surface area contributed by atoms with E-state index in [4.69, 9.17) is 20.6 Å². The molecule has 140 valence electrons. The number of carbonyl (C=O) groups excluding carboxylic acids is 2. The van der Waals surface area contributed by atoms with E-state index in [1.807, 2.05) is 30.3 Å². The third-order valence-electron chi connectivity index (χ3n) is 3.79. The van der Waals surface area contributed by atoms with Gasteiger partial charge in [-0.3, -0.25) is 4.90 Å². The third kappa shape index (κ3) is 5.78. The van der Waals surface area contributed by atoms with Crippen molar-refractivity contribution in [2.75, 3.05) is 13.2 Å². The number of benzene rings is 1. The Balaban J connectivity index is 2.03. The SMILES string of the molecule is C#CCO[C@@H]1C[C@H](C(=O)OCc2ccccc2)N(C(=O)OC(C)(C)C)C1. The Morgan fingerprint density at radius 1 is 1.27 bits per heavy atom. The van der Waals surface area contributed by atoms with Crippen LogP contribution in [0.25, 0.3) is 0 Å². The second-order valence-electron chi connectivity index (χ2n) is 7.11. The summed E-state index contributed by atoms with van der Waals surface area (Å²) < 4.78 is 16.3. The molecule has 0 aliphatic carbocycles. The summed E-state index contributed by atoms with van der Waals surface area (Å²) in [5, 5.41) is 0. The molecule has 1 heterocycles.